The lowest BCUT2D eigenvalue weighted by Crippen LogP contribution is -2.13. The number of nitrogen functional groups attached to an aromatic ring is 1. The lowest BCUT2D eigenvalue weighted by molar-refractivity contribution is 0.0487. The lowest BCUT2D eigenvalue weighted by Gasteiger charge is -2.10. The number of aromatic nitrogens is 2. The molecule has 1 aromatic carbocycles. The van der Waals surface area contributed by atoms with E-state index in [1.54, 1.807) is 29.9 Å². The molecule has 0 fully saturated rings. The van der Waals surface area contributed by atoms with Crippen LogP contribution in [0.3, 0.4) is 0 Å². The largest absolute Gasteiger partial charge is 0.460 e. The van der Waals surface area contributed by atoms with E-state index in [-0.39, 0.29) is 12.6 Å². The molecule has 2 N–H and O–H groups in total. The highest BCUT2D eigenvalue weighted by Crippen LogP contribution is 2.23. The minimum Gasteiger partial charge on any atom is -0.460 e. The molecule has 100 valence electrons. The first-order chi connectivity index (χ1) is 9.08. The van der Waals surface area contributed by atoms with Gasteiger partial charge in [-0.3, -0.25) is 4.68 Å². The monoisotopic (exact) mass is 323 g/mol. The van der Waals surface area contributed by atoms with Crippen LogP contribution in [0, 0.1) is 6.92 Å². The summed E-state index contributed by atoms with van der Waals surface area (Å²) in [5, 5.41) is 4.03. The average Bonchev–Trinajstić information content (AvgIpc) is 2.86. The Balaban J connectivity index is 2.00. The molecule has 2 aromatic rings. The Morgan fingerprint density at radius 2 is 2.32 bits per heavy atom. The third-order valence-electron chi connectivity index (χ3n) is 2.75. The van der Waals surface area contributed by atoms with Gasteiger partial charge in [-0.25, -0.2) is 4.79 Å². The van der Waals surface area contributed by atoms with Gasteiger partial charge in [-0.15, -0.1) is 0 Å². The highest BCUT2D eigenvalue weighted by molar-refractivity contribution is 9.10. The predicted octanol–water partition coefficient (Wildman–Crippen LogP) is 2.39. The van der Waals surface area contributed by atoms with Crippen molar-refractivity contribution in [2.75, 3.05) is 12.3 Å². The number of rotatable bonds is 4. The molecule has 0 aliphatic rings. The molecule has 0 unspecified atom stereocenters. The second kappa shape index (κ2) is 5.88. The van der Waals surface area contributed by atoms with E-state index in [0.29, 0.717) is 17.8 Å². The Kier molecular flexibility index (Phi) is 4.21. The molecule has 6 heteroatoms. The summed E-state index contributed by atoms with van der Waals surface area (Å²) in [4.78, 5) is 12.0. The molecule has 0 bridgehead atoms. The number of benzene rings is 1. The van der Waals surface area contributed by atoms with Gasteiger partial charge in [0, 0.05) is 22.6 Å². The van der Waals surface area contributed by atoms with Gasteiger partial charge in [-0.1, -0.05) is 15.9 Å². The summed E-state index contributed by atoms with van der Waals surface area (Å²) < 4.78 is 7.68. The van der Waals surface area contributed by atoms with E-state index >= 15 is 0 Å². The van der Waals surface area contributed by atoms with Crippen LogP contribution in [0.1, 0.15) is 15.9 Å². The van der Waals surface area contributed by atoms with Gasteiger partial charge >= 0.3 is 5.97 Å². The van der Waals surface area contributed by atoms with Crippen molar-refractivity contribution in [3.8, 4) is 0 Å². The number of nitrogens with two attached hydrogens (primary N) is 1. The van der Waals surface area contributed by atoms with E-state index in [2.05, 4.69) is 21.0 Å². The van der Waals surface area contributed by atoms with Crippen LogP contribution in [0.2, 0.25) is 0 Å². The van der Waals surface area contributed by atoms with Crippen molar-refractivity contribution in [2.45, 2.75) is 13.5 Å². The molecular formula is C13H14BrN3O2. The zero-order chi connectivity index (χ0) is 13.8. The molecule has 0 saturated heterocycles. The molecule has 0 atom stereocenters. The highest BCUT2D eigenvalue weighted by atomic mass is 79.9. The second-order valence-corrected chi connectivity index (χ2v) is 4.99. The molecule has 0 radical (unpaired) electrons. The Morgan fingerprint density at radius 1 is 1.53 bits per heavy atom. The highest BCUT2D eigenvalue weighted by Gasteiger charge is 2.13. The van der Waals surface area contributed by atoms with Crippen molar-refractivity contribution in [1.82, 2.24) is 9.78 Å². The maximum absolute atomic E-state index is 12.0. The van der Waals surface area contributed by atoms with Gasteiger partial charge in [0.25, 0.3) is 0 Å². The average molecular weight is 324 g/mol. The fourth-order valence-corrected chi connectivity index (χ4v) is 2.13. The Morgan fingerprint density at radius 3 is 3.00 bits per heavy atom. The van der Waals surface area contributed by atoms with Crippen LogP contribution in [0.4, 0.5) is 5.69 Å². The van der Waals surface area contributed by atoms with Crippen LogP contribution in [0.5, 0.6) is 0 Å². The summed E-state index contributed by atoms with van der Waals surface area (Å²) in [6.45, 7) is 2.60. The third kappa shape index (κ3) is 3.35. The van der Waals surface area contributed by atoms with Gasteiger partial charge < -0.3 is 10.5 Å². The SMILES string of the molecule is Cc1c(N)cc(Br)cc1C(=O)OCCn1cccn1. The molecule has 19 heavy (non-hydrogen) atoms. The molecule has 0 aliphatic heterocycles. The number of hydrogen-bond acceptors (Lipinski definition) is 4. The summed E-state index contributed by atoms with van der Waals surface area (Å²) in [7, 11) is 0. The van der Waals surface area contributed by atoms with Crippen molar-refractivity contribution in [3.63, 3.8) is 0 Å². The number of ether oxygens (including phenoxy) is 1. The van der Waals surface area contributed by atoms with Crippen LogP contribution in [-0.2, 0) is 11.3 Å². The van der Waals surface area contributed by atoms with Gasteiger partial charge in [0.05, 0.1) is 12.1 Å². The van der Waals surface area contributed by atoms with E-state index in [0.717, 1.165) is 10.0 Å². The molecule has 1 heterocycles. The summed E-state index contributed by atoms with van der Waals surface area (Å²) in [6.07, 6.45) is 3.50. The lowest BCUT2D eigenvalue weighted by atomic mass is 10.1. The number of carbonyl (C=O) groups is 1. The number of hydrogen-bond donors (Lipinski definition) is 1. The van der Waals surface area contributed by atoms with Crippen molar-refractivity contribution >= 4 is 27.6 Å². The number of anilines is 1. The molecule has 2 rings (SSSR count). The first kappa shape index (κ1) is 13.6. The summed E-state index contributed by atoms with van der Waals surface area (Å²) >= 11 is 3.31. The topological polar surface area (TPSA) is 70.1 Å². The quantitative estimate of drug-likeness (QED) is 0.692. The first-order valence-corrected chi connectivity index (χ1v) is 6.57. The third-order valence-corrected chi connectivity index (χ3v) is 3.20. The number of carbonyl (C=O) groups excluding carboxylic acids is 1. The fraction of sp³-hybridized carbons (Fsp3) is 0.231. The van der Waals surface area contributed by atoms with Gasteiger partial charge in [0.1, 0.15) is 6.61 Å². The van der Waals surface area contributed by atoms with Crippen LogP contribution in [0.25, 0.3) is 0 Å². The van der Waals surface area contributed by atoms with Gasteiger partial charge in [0.15, 0.2) is 0 Å². The van der Waals surface area contributed by atoms with Crippen molar-refractivity contribution in [2.24, 2.45) is 0 Å². The second-order valence-electron chi connectivity index (χ2n) is 4.07. The van der Waals surface area contributed by atoms with Crippen molar-refractivity contribution in [1.29, 1.82) is 0 Å². The Labute approximate surface area is 119 Å². The predicted molar refractivity (Wildman–Crippen MR) is 75.8 cm³/mol. The summed E-state index contributed by atoms with van der Waals surface area (Å²) in [5.41, 5.74) is 7.58. The molecule has 5 nitrogen and oxygen atoms in total. The normalized spacial score (nSPS) is 10.4. The van der Waals surface area contributed by atoms with Crippen LogP contribution in [0.15, 0.2) is 35.1 Å². The fourth-order valence-electron chi connectivity index (χ4n) is 1.65. The van der Waals surface area contributed by atoms with Gasteiger partial charge in [-0.05, 0) is 30.7 Å². The molecule has 0 saturated carbocycles. The number of esters is 1. The minimum absolute atomic E-state index is 0.270. The zero-order valence-electron chi connectivity index (χ0n) is 10.5. The van der Waals surface area contributed by atoms with Crippen LogP contribution >= 0.6 is 15.9 Å². The maximum atomic E-state index is 12.0. The van der Waals surface area contributed by atoms with E-state index in [9.17, 15) is 4.79 Å². The summed E-state index contributed by atoms with van der Waals surface area (Å²) in [6, 6.07) is 5.29. The van der Waals surface area contributed by atoms with Crippen LogP contribution < -0.4 is 5.73 Å². The minimum atomic E-state index is -0.377. The number of halogens is 1. The zero-order valence-corrected chi connectivity index (χ0v) is 12.1. The van der Waals surface area contributed by atoms with E-state index < -0.39 is 0 Å². The Bertz CT molecular complexity index is 582. The van der Waals surface area contributed by atoms with E-state index in [4.69, 9.17) is 10.5 Å². The first-order valence-electron chi connectivity index (χ1n) is 5.78. The van der Waals surface area contributed by atoms with Crippen molar-refractivity contribution < 1.29 is 9.53 Å². The Hall–Kier alpha value is -1.82. The maximum Gasteiger partial charge on any atom is 0.338 e. The van der Waals surface area contributed by atoms with Gasteiger partial charge in [-0.2, -0.15) is 5.10 Å². The molecule has 0 spiro atoms. The van der Waals surface area contributed by atoms with E-state index in [1.807, 2.05) is 12.3 Å². The molecule has 0 amide bonds. The molecular weight excluding hydrogens is 310 g/mol. The van der Waals surface area contributed by atoms with E-state index in [1.165, 1.54) is 0 Å². The summed E-state index contributed by atoms with van der Waals surface area (Å²) in [5.74, 6) is -0.377. The number of nitrogens with zero attached hydrogens (tertiary/aromatic N) is 2. The van der Waals surface area contributed by atoms with Gasteiger partial charge in [0.2, 0.25) is 0 Å². The van der Waals surface area contributed by atoms with Crippen LogP contribution in [-0.4, -0.2) is 22.4 Å². The molecule has 1 aromatic heterocycles. The molecule has 0 aliphatic carbocycles. The van der Waals surface area contributed by atoms with Crippen molar-refractivity contribution in [3.05, 3.63) is 46.2 Å². The smallest absolute Gasteiger partial charge is 0.338 e. The standard InChI is InChI=1S/C13H14BrN3O2/c1-9-11(7-10(14)8-12(9)15)13(18)19-6-5-17-4-2-3-16-17/h2-4,7-8H,5-6,15H2,1H3.